The van der Waals surface area contributed by atoms with Gasteiger partial charge in [0.2, 0.25) is 0 Å². The zero-order valence-corrected chi connectivity index (χ0v) is 9.93. The minimum atomic E-state index is -0.332. The van der Waals surface area contributed by atoms with E-state index in [1.165, 1.54) is 7.11 Å². The molecule has 0 bridgehead atoms. The van der Waals surface area contributed by atoms with Gasteiger partial charge in [-0.15, -0.1) is 0 Å². The van der Waals surface area contributed by atoms with Gasteiger partial charge in [0.05, 0.1) is 12.8 Å². The second kappa shape index (κ2) is 5.69. The normalized spacial score (nSPS) is 9.39. The molecule has 0 saturated heterocycles. The summed E-state index contributed by atoms with van der Waals surface area (Å²) >= 11 is 0. The maximum Gasteiger partial charge on any atom is 0.317 e. The maximum absolute atomic E-state index is 11.0. The van der Waals surface area contributed by atoms with Gasteiger partial charge in [0, 0.05) is 17.3 Å². The molecule has 0 amide bonds. The molecule has 90 valence electrons. The number of esters is 1. The number of hydrogen-bond donors (Lipinski definition) is 1. The Labute approximate surface area is 105 Å². The summed E-state index contributed by atoms with van der Waals surface area (Å²) in [6.07, 6.45) is 1.78. The van der Waals surface area contributed by atoms with E-state index in [2.05, 4.69) is 26.8 Å². The molecule has 0 radical (unpaired) electrons. The molecular formula is C14H12N2O2. The Morgan fingerprint density at radius 2 is 2.22 bits per heavy atom. The number of H-pyrrole nitrogens is 1. The Morgan fingerprint density at radius 3 is 2.94 bits per heavy atom. The van der Waals surface area contributed by atoms with Gasteiger partial charge in [-0.05, 0) is 12.1 Å². The second-order valence-electron chi connectivity index (χ2n) is 3.57. The van der Waals surface area contributed by atoms with Crippen LogP contribution in [0.25, 0.3) is 11.3 Å². The monoisotopic (exact) mass is 240 g/mol. The van der Waals surface area contributed by atoms with Gasteiger partial charge in [-0.25, -0.2) is 0 Å². The Balaban J connectivity index is 2.26. The highest BCUT2D eigenvalue weighted by molar-refractivity contribution is 5.73. The highest BCUT2D eigenvalue weighted by atomic mass is 16.5. The van der Waals surface area contributed by atoms with Crippen LogP contribution in [-0.4, -0.2) is 23.3 Å². The van der Waals surface area contributed by atoms with Gasteiger partial charge in [-0.3, -0.25) is 9.89 Å². The van der Waals surface area contributed by atoms with Gasteiger partial charge in [0.15, 0.2) is 0 Å². The lowest BCUT2D eigenvalue weighted by molar-refractivity contribution is -0.139. The number of benzene rings is 1. The standard InChI is InChI=1S/C14H12N2O2/c1-18-14(17)8-4-6-11-5-2-3-7-12(11)13-9-10-15-16-13/h2-3,5,7,9-10H,8H2,1H3,(H,15,16). The molecule has 2 aromatic rings. The fourth-order valence-electron chi connectivity index (χ4n) is 1.52. The summed E-state index contributed by atoms with van der Waals surface area (Å²) < 4.78 is 4.53. The molecule has 1 N–H and O–H groups in total. The molecule has 2 rings (SSSR count). The number of carbonyl (C=O) groups excluding carboxylic acids is 1. The average Bonchev–Trinajstić information content (AvgIpc) is 2.93. The van der Waals surface area contributed by atoms with Gasteiger partial charge in [-0.2, -0.15) is 5.10 Å². The van der Waals surface area contributed by atoms with Gasteiger partial charge in [-0.1, -0.05) is 30.0 Å². The molecule has 0 aliphatic heterocycles. The van der Waals surface area contributed by atoms with Crippen LogP contribution in [0.15, 0.2) is 36.5 Å². The van der Waals surface area contributed by atoms with Crippen molar-refractivity contribution in [2.45, 2.75) is 6.42 Å². The molecule has 0 aliphatic rings. The SMILES string of the molecule is COC(=O)CC#Cc1ccccc1-c1ccn[nH]1. The molecule has 1 aromatic heterocycles. The van der Waals surface area contributed by atoms with Crippen molar-refractivity contribution in [1.82, 2.24) is 10.2 Å². The number of carbonyl (C=O) groups is 1. The van der Waals surface area contributed by atoms with Gasteiger partial charge < -0.3 is 4.74 Å². The van der Waals surface area contributed by atoms with Gasteiger partial charge in [0.1, 0.15) is 6.42 Å². The molecule has 4 heteroatoms. The Morgan fingerprint density at radius 1 is 1.39 bits per heavy atom. The fourth-order valence-corrected chi connectivity index (χ4v) is 1.52. The number of ether oxygens (including phenoxy) is 1. The third-order valence-corrected chi connectivity index (χ3v) is 2.40. The molecule has 4 nitrogen and oxygen atoms in total. The summed E-state index contributed by atoms with van der Waals surface area (Å²) in [7, 11) is 1.35. The molecule has 0 atom stereocenters. The second-order valence-corrected chi connectivity index (χ2v) is 3.57. The lowest BCUT2D eigenvalue weighted by atomic mass is 10.1. The van der Waals surface area contributed by atoms with Crippen LogP contribution in [0.5, 0.6) is 0 Å². The van der Waals surface area contributed by atoms with E-state index in [0.29, 0.717) is 0 Å². The van der Waals surface area contributed by atoms with E-state index in [9.17, 15) is 4.79 Å². The molecule has 0 spiro atoms. The first-order valence-corrected chi connectivity index (χ1v) is 5.45. The van der Waals surface area contributed by atoms with Gasteiger partial charge in [0.25, 0.3) is 0 Å². The molecule has 1 aromatic carbocycles. The minimum absolute atomic E-state index is 0.0911. The Kier molecular flexibility index (Phi) is 3.77. The number of methoxy groups -OCH3 is 1. The number of hydrogen-bond acceptors (Lipinski definition) is 3. The number of nitrogens with one attached hydrogen (secondary N) is 1. The Hall–Kier alpha value is -2.54. The number of rotatable bonds is 2. The molecular weight excluding hydrogens is 228 g/mol. The third kappa shape index (κ3) is 2.77. The van der Waals surface area contributed by atoms with E-state index in [-0.39, 0.29) is 12.4 Å². The van der Waals surface area contributed by atoms with Crippen LogP contribution in [-0.2, 0) is 9.53 Å². The van der Waals surface area contributed by atoms with E-state index in [0.717, 1.165) is 16.8 Å². The topological polar surface area (TPSA) is 55.0 Å². The van der Waals surface area contributed by atoms with Crippen LogP contribution in [0.1, 0.15) is 12.0 Å². The van der Waals surface area contributed by atoms with E-state index in [1.54, 1.807) is 6.20 Å². The van der Waals surface area contributed by atoms with Crippen molar-refractivity contribution in [1.29, 1.82) is 0 Å². The molecule has 1 heterocycles. The fraction of sp³-hybridized carbons (Fsp3) is 0.143. The lowest BCUT2D eigenvalue weighted by Gasteiger charge is -2.00. The van der Waals surface area contributed by atoms with Crippen molar-refractivity contribution in [3.63, 3.8) is 0 Å². The molecule has 0 saturated carbocycles. The summed E-state index contributed by atoms with van der Waals surface area (Å²) in [5.41, 5.74) is 2.72. The third-order valence-electron chi connectivity index (χ3n) is 2.40. The quantitative estimate of drug-likeness (QED) is 0.645. The summed E-state index contributed by atoms with van der Waals surface area (Å²) in [4.78, 5) is 11.0. The van der Waals surface area contributed by atoms with Crippen molar-refractivity contribution in [2.75, 3.05) is 7.11 Å². The van der Waals surface area contributed by atoms with E-state index >= 15 is 0 Å². The summed E-state index contributed by atoms with van der Waals surface area (Å²) in [6.45, 7) is 0. The van der Waals surface area contributed by atoms with Crippen LogP contribution in [0.2, 0.25) is 0 Å². The highest BCUT2D eigenvalue weighted by Crippen LogP contribution is 2.20. The molecule has 0 aliphatic carbocycles. The maximum atomic E-state index is 11.0. The van der Waals surface area contributed by atoms with E-state index in [4.69, 9.17) is 0 Å². The van der Waals surface area contributed by atoms with Crippen LogP contribution in [0.3, 0.4) is 0 Å². The van der Waals surface area contributed by atoms with E-state index in [1.807, 2.05) is 30.3 Å². The number of aromatic amines is 1. The first-order valence-electron chi connectivity index (χ1n) is 5.45. The molecule has 0 fully saturated rings. The molecule has 18 heavy (non-hydrogen) atoms. The zero-order chi connectivity index (χ0) is 12.8. The summed E-state index contributed by atoms with van der Waals surface area (Å²) in [6, 6.07) is 9.57. The average molecular weight is 240 g/mol. The first kappa shape index (κ1) is 11.9. The van der Waals surface area contributed by atoms with Crippen LogP contribution in [0.4, 0.5) is 0 Å². The van der Waals surface area contributed by atoms with Crippen molar-refractivity contribution in [2.24, 2.45) is 0 Å². The van der Waals surface area contributed by atoms with Crippen molar-refractivity contribution < 1.29 is 9.53 Å². The first-order chi connectivity index (χ1) is 8.81. The predicted octanol–water partition coefficient (Wildman–Crippen LogP) is 1.99. The zero-order valence-electron chi connectivity index (χ0n) is 9.93. The largest absolute Gasteiger partial charge is 0.468 e. The van der Waals surface area contributed by atoms with Crippen LogP contribution in [0, 0.1) is 11.8 Å². The predicted molar refractivity (Wildman–Crippen MR) is 67.5 cm³/mol. The smallest absolute Gasteiger partial charge is 0.317 e. The van der Waals surface area contributed by atoms with Crippen LogP contribution < -0.4 is 0 Å². The Bertz CT molecular complexity index is 592. The van der Waals surface area contributed by atoms with E-state index < -0.39 is 0 Å². The van der Waals surface area contributed by atoms with Gasteiger partial charge >= 0.3 is 5.97 Å². The summed E-state index contributed by atoms with van der Waals surface area (Å²) in [5.74, 6) is 5.43. The van der Waals surface area contributed by atoms with Crippen molar-refractivity contribution >= 4 is 5.97 Å². The minimum Gasteiger partial charge on any atom is -0.468 e. The van der Waals surface area contributed by atoms with Crippen molar-refractivity contribution in [3.05, 3.63) is 42.1 Å². The van der Waals surface area contributed by atoms with Crippen LogP contribution >= 0.6 is 0 Å². The highest BCUT2D eigenvalue weighted by Gasteiger charge is 2.03. The van der Waals surface area contributed by atoms with Crippen molar-refractivity contribution in [3.8, 4) is 23.1 Å². The number of nitrogens with zero attached hydrogens (tertiary/aromatic N) is 1. The lowest BCUT2D eigenvalue weighted by Crippen LogP contribution is -1.97. The molecule has 0 unspecified atom stereocenters. The summed E-state index contributed by atoms with van der Waals surface area (Å²) in [5, 5.41) is 6.81. The number of aromatic nitrogens is 2.